The number of benzene rings is 2. The van der Waals surface area contributed by atoms with Crippen LogP contribution < -0.4 is 20.3 Å². The third-order valence-corrected chi connectivity index (χ3v) is 7.19. The first-order valence-electron chi connectivity index (χ1n) is 11.7. The molecule has 3 N–H and O–H groups in total. The van der Waals surface area contributed by atoms with Gasteiger partial charge in [0.1, 0.15) is 5.69 Å². The summed E-state index contributed by atoms with van der Waals surface area (Å²) in [6, 6.07) is 11.6. The predicted molar refractivity (Wildman–Crippen MR) is 149 cm³/mol. The summed E-state index contributed by atoms with van der Waals surface area (Å²) in [7, 11) is -3.94. The van der Waals surface area contributed by atoms with E-state index < -0.39 is 20.9 Å². The van der Waals surface area contributed by atoms with Crippen molar-refractivity contribution in [1.82, 2.24) is 15.3 Å². The quantitative estimate of drug-likeness (QED) is 0.217. The molecule has 39 heavy (non-hydrogen) atoms. The first-order chi connectivity index (χ1) is 18.5. The highest BCUT2D eigenvalue weighted by atomic mass is 32.2. The van der Waals surface area contributed by atoms with E-state index in [9.17, 15) is 23.3 Å². The van der Waals surface area contributed by atoms with Gasteiger partial charge >= 0.3 is 0 Å². The third kappa shape index (κ3) is 7.01. The fourth-order valence-electron chi connectivity index (χ4n) is 3.89. The summed E-state index contributed by atoms with van der Waals surface area (Å²) < 4.78 is 33.1. The smallest absolute Gasteiger partial charge is 0.293 e. The number of rotatable bonds is 7. The van der Waals surface area contributed by atoms with E-state index in [-0.39, 0.29) is 27.2 Å². The van der Waals surface area contributed by atoms with Crippen LogP contribution in [0, 0.1) is 24.0 Å². The van der Waals surface area contributed by atoms with E-state index >= 15 is 0 Å². The minimum Gasteiger partial charge on any atom is -0.378 e. The summed E-state index contributed by atoms with van der Waals surface area (Å²) in [6.07, 6.45) is 0. The van der Waals surface area contributed by atoms with Crippen LogP contribution in [0.15, 0.2) is 53.4 Å². The van der Waals surface area contributed by atoms with Gasteiger partial charge < -0.3 is 15.0 Å². The first kappa shape index (κ1) is 27.8. The molecule has 1 saturated heterocycles. The summed E-state index contributed by atoms with van der Waals surface area (Å²) in [5, 5.41) is 16.9. The van der Waals surface area contributed by atoms with Gasteiger partial charge in [-0.3, -0.25) is 20.2 Å². The number of amides is 1. The molecule has 1 aromatic heterocycles. The number of ether oxygens (including phenoxy) is 1. The second kappa shape index (κ2) is 11.7. The van der Waals surface area contributed by atoms with Gasteiger partial charge in [0.05, 0.1) is 23.0 Å². The van der Waals surface area contributed by atoms with E-state index in [4.69, 9.17) is 17.0 Å². The van der Waals surface area contributed by atoms with Crippen molar-refractivity contribution in [1.29, 1.82) is 0 Å². The highest BCUT2D eigenvalue weighted by Gasteiger charge is 2.24. The van der Waals surface area contributed by atoms with E-state index in [1.807, 2.05) is 4.90 Å². The first-order valence-corrected chi connectivity index (χ1v) is 13.6. The van der Waals surface area contributed by atoms with Crippen molar-refractivity contribution >= 4 is 56.3 Å². The normalized spacial score (nSPS) is 13.4. The van der Waals surface area contributed by atoms with Crippen LogP contribution in [0.4, 0.5) is 23.0 Å². The number of carbonyl (C=O) groups excluding carboxylic acids is 1. The summed E-state index contributed by atoms with van der Waals surface area (Å²) in [5.41, 5.74) is 1.93. The molecule has 0 bridgehead atoms. The van der Waals surface area contributed by atoms with Crippen LogP contribution in [-0.2, 0) is 14.8 Å². The van der Waals surface area contributed by atoms with Crippen LogP contribution in [0.5, 0.6) is 0 Å². The maximum atomic E-state index is 12.7. The molecule has 0 unspecified atom stereocenters. The maximum Gasteiger partial charge on any atom is 0.293 e. The molecule has 2 aromatic carbocycles. The molecule has 15 heteroatoms. The highest BCUT2D eigenvalue weighted by molar-refractivity contribution is 7.92. The SMILES string of the molecule is Cc1cc(C)nc(NS(=O)(=O)c2ccc(NC(=S)NC(=O)c3ccc(N4CCOCC4)c([N+](=O)[O-])c3)cc2)n1. The molecule has 4 rings (SSSR count). The summed E-state index contributed by atoms with van der Waals surface area (Å²) in [5.74, 6) is -0.669. The molecular weight excluding hydrogens is 546 g/mol. The number of aryl methyl sites for hydroxylation is 2. The lowest BCUT2D eigenvalue weighted by Gasteiger charge is -2.28. The van der Waals surface area contributed by atoms with Gasteiger partial charge in [0.2, 0.25) is 5.95 Å². The van der Waals surface area contributed by atoms with Gasteiger partial charge in [0, 0.05) is 41.8 Å². The van der Waals surface area contributed by atoms with Crippen LogP contribution in [0.25, 0.3) is 0 Å². The highest BCUT2D eigenvalue weighted by Crippen LogP contribution is 2.30. The number of nitro groups is 1. The fraction of sp³-hybridized carbons (Fsp3) is 0.250. The number of hydrogen-bond acceptors (Lipinski definition) is 10. The maximum absolute atomic E-state index is 12.7. The lowest BCUT2D eigenvalue weighted by atomic mass is 10.1. The molecular formula is C24H25N7O6S2. The van der Waals surface area contributed by atoms with Crippen LogP contribution in [0.3, 0.4) is 0 Å². The molecule has 0 radical (unpaired) electrons. The van der Waals surface area contributed by atoms with Gasteiger partial charge in [-0.05, 0) is 68.5 Å². The number of nitrogens with zero attached hydrogens (tertiary/aromatic N) is 4. The number of anilines is 3. The number of aromatic nitrogens is 2. The predicted octanol–water partition coefficient (Wildman–Crippen LogP) is 2.77. The number of morpholine rings is 1. The van der Waals surface area contributed by atoms with Gasteiger partial charge in [-0.2, -0.15) is 0 Å². The van der Waals surface area contributed by atoms with Crippen molar-refractivity contribution in [3.05, 3.63) is 75.6 Å². The minimum absolute atomic E-state index is 0.0292. The molecule has 0 saturated carbocycles. The molecule has 0 aliphatic carbocycles. The molecule has 204 valence electrons. The van der Waals surface area contributed by atoms with E-state index in [2.05, 4.69) is 25.3 Å². The average molecular weight is 572 g/mol. The van der Waals surface area contributed by atoms with Crippen LogP contribution in [0.2, 0.25) is 0 Å². The van der Waals surface area contributed by atoms with Crippen molar-refractivity contribution in [2.24, 2.45) is 0 Å². The Labute approximate surface area is 229 Å². The van der Waals surface area contributed by atoms with E-state index in [0.717, 1.165) is 0 Å². The second-order valence-corrected chi connectivity index (χ2v) is 10.7. The number of carbonyl (C=O) groups is 1. The Hall–Kier alpha value is -4.21. The Morgan fingerprint density at radius 3 is 2.31 bits per heavy atom. The van der Waals surface area contributed by atoms with Crippen molar-refractivity contribution in [3.8, 4) is 0 Å². The Kier molecular flexibility index (Phi) is 8.32. The molecule has 0 spiro atoms. The molecule has 1 amide bonds. The Morgan fingerprint density at radius 1 is 1.05 bits per heavy atom. The fourth-order valence-corrected chi connectivity index (χ4v) is 5.04. The lowest BCUT2D eigenvalue weighted by Crippen LogP contribution is -2.37. The van der Waals surface area contributed by atoms with Crippen molar-refractivity contribution in [2.45, 2.75) is 18.7 Å². The van der Waals surface area contributed by atoms with Gasteiger partial charge in [-0.25, -0.2) is 23.1 Å². The lowest BCUT2D eigenvalue weighted by molar-refractivity contribution is -0.384. The molecule has 3 aromatic rings. The number of hydrogen-bond donors (Lipinski definition) is 3. The minimum atomic E-state index is -3.94. The Balaban J connectivity index is 1.40. The topological polar surface area (TPSA) is 169 Å². The number of nitrogens with one attached hydrogen (secondary N) is 3. The van der Waals surface area contributed by atoms with Crippen molar-refractivity contribution in [3.63, 3.8) is 0 Å². The average Bonchev–Trinajstić information content (AvgIpc) is 2.88. The molecule has 13 nitrogen and oxygen atoms in total. The Bertz CT molecular complexity index is 1500. The Morgan fingerprint density at radius 2 is 1.69 bits per heavy atom. The van der Waals surface area contributed by atoms with Crippen molar-refractivity contribution in [2.75, 3.05) is 41.2 Å². The summed E-state index contributed by atoms with van der Waals surface area (Å²) in [4.78, 5) is 33.8. The zero-order valence-electron chi connectivity index (χ0n) is 21.0. The van der Waals surface area contributed by atoms with Gasteiger partial charge in [-0.1, -0.05) is 0 Å². The zero-order chi connectivity index (χ0) is 28.2. The van der Waals surface area contributed by atoms with Crippen molar-refractivity contribution < 1.29 is 22.9 Å². The number of thiocarbonyl (C=S) groups is 1. The van der Waals surface area contributed by atoms with E-state index in [0.29, 0.717) is 49.1 Å². The van der Waals surface area contributed by atoms with Crippen LogP contribution in [0.1, 0.15) is 21.7 Å². The molecule has 2 heterocycles. The van der Waals surface area contributed by atoms with Gasteiger partial charge in [0.25, 0.3) is 21.6 Å². The van der Waals surface area contributed by atoms with E-state index in [1.165, 1.54) is 42.5 Å². The summed E-state index contributed by atoms with van der Waals surface area (Å²) in [6.45, 7) is 5.41. The number of nitro benzene ring substituents is 1. The van der Waals surface area contributed by atoms with E-state index in [1.54, 1.807) is 19.9 Å². The number of sulfonamides is 1. The van der Waals surface area contributed by atoms with Gasteiger partial charge in [-0.15, -0.1) is 0 Å². The summed E-state index contributed by atoms with van der Waals surface area (Å²) >= 11 is 5.20. The van der Waals surface area contributed by atoms with Crippen LogP contribution >= 0.6 is 12.2 Å². The zero-order valence-corrected chi connectivity index (χ0v) is 22.6. The van der Waals surface area contributed by atoms with Gasteiger partial charge in [0.15, 0.2) is 5.11 Å². The largest absolute Gasteiger partial charge is 0.378 e. The molecule has 1 aliphatic rings. The second-order valence-electron chi connectivity index (χ2n) is 8.57. The molecule has 0 atom stereocenters. The van der Waals surface area contributed by atoms with Crippen LogP contribution in [-0.4, -0.2) is 60.6 Å². The third-order valence-electron chi connectivity index (χ3n) is 5.64. The molecule has 1 fully saturated rings. The standard InChI is InChI=1S/C24H25N7O6S2/c1-15-13-16(2)26-23(25-15)29-39(35,36)19-6-4-18(5-7-19)27-24(38)28-22(32)17-3-8-20(21(14-17)31(33)34)30-9-11-37-12-10-30/h3-8,13-14H,9-12H2,1-2H3,(H,25,26,29)(H2,27,28,32,38). The monoisotopic (exact) mass is 571 g/mol. The molecule has 1 aliphatic heterocycles.